The first-order chi connectivity index (χ1) is 11.7. The van der Waals surface area contributed by atoms with Crippen molar-refractivity contribution in [2.45, 2.75) is 26.1 Å². The van der Waals surface area contributed by atoms with Crippen molar-refractivity contribution in [3.05, 3.63) is 45.3 Å². The molecule has 3 aromatic rings. The molecular weight excluding hydrogens is 399 g/mol. The average molecular weight is 414 g/mol. The van der Waals surface area contributed by atoms with E-state index in [1.165, 1.54) is 20.0 Å². The van der Waals surface area contributed by atoms with Gasteiger partial charge in [-0.1, -0.05) is 29.8 Å². The minimum atomic E-state index is -4.42. The number of nitrogens with zero attached hydrogens (tertiary/aromatic N) is 1. The van der Waals surface area contributed by atoms with Gasteiger partial charge in [0.05, 0.1) is 10.9 Å². The molecule has 0 unspecified atom stereocenters. The Morgan fingerprint density at radius 1 is 1.20 bits per heavy atom. The van der Waals surface area contributed by atoms with Crippen molar-refractivity contribution in [2.24, 2.45) is 5.92 Å². The number of hydrogen-bond acceptors (Lipinski definition) is 3. The molecule has 132 valence electrons. The van der Waals surface area contributed by atoms with E-state index in [1.54, 1.807) is 24.3 Å². The van der Waals surface area contributed by atoms with Crippen LogP contribution < -0.4 is 10.9 Å². The summed E-state index contributed by atoms with van der Waals surface area (Å²) in [5.74, 6) is -0.571. The number of H-pyrrole nitrogens is 1. The summed E-state index contributed by atoms with van der Waals surface area (Å²) < 4.78 is 40.8. The number of hydrogen-bond donors (Lipinski definition) is 2. The van der Waals surface area contributed by atoms with Crippen molar-refractivity contribution in [3.63, 3.8) is 0 Å². The van der Waals surface area contributed by atoms with E-state index in [9.17, 15) is 18.0 Å². The molecule has 0 saturated heterocycles. The molecule has 0 fully saturated rings. The maximum absolute atomic E-state index is 13.3. The number of rotatable bonds is 3. The standard InChI is InChI=1S/C17H15BrF3N3O/c1-8(2)14(17(19,20)21)24-15-10-4-3-9(18)7-11(10)13-12(23-15)5-6-22-16(13)25/h3-8,14H,1-2H3,(H,22,25)(H,23,24)/t14-/m1/s1. The van der Waals surface area contributed by atoms with Gasteiger partial charge in [0.2, 0.25) is 0 Å². The van der Waals surface area contributed by atoms with E-state index in [2.05, 4.69) is 31.2 Å². The van der Waals surface area contributed by atoms with Gasteiger partial charge >= 0.3 is 6.18 Å². The van der Waals surface area contributed by atoms with Crippen LogP contribution in [0.25, 0.3) is 21.7 Å². The number of aromatic amines is 1. The fraction of sp³-hybridized carbons (Fsp3) is 0.294. The Kier molecular flexibility index (Phi) is 4.49. The van der Waals surface area contributed by atoms with Crippen LogP contribution in [0.3, 0.4) is 0 Å². The van der Waals surface area contributed by atoms with E-state index < -0.39 is 18.1 Å². The Balaban J connectivity index is 2.29. The smallest absolute Gasteiger partial charge is 0.358 e. The number of anilines is 1. The summed E-state index contributed by atoms with van der Waals surface area (Å²) in [7, 11) is 0. The molecule has 2 heterocycles. The van der Waals surface area contributed by atoms with Gasteiger partial charge in [-0.25, -0.2) is 4.98 Å². The molecule has 0 amide bonds. The van der Waals surface area contributed by atoms with Gasteiger partial charge in [-0.3, -0.25) is 4.79 Å². The first kappa shape index (κ1) is 17.7. The topological polar surface area (TPSA) is 57.8 Å². The average Bonchev–Trinajstić information content (AvgIpc) is 2.50. The monoisotopic (exact) mass is 413 g/mol. The van der Waals surface area contributed by atoms with Gasteiger partial charge in [-0.15, -0.1) is 0 Å². The quantitative estimate of drug-likeness (QED) is 0.604. The van der Waals surface area contributed by atoms with Crippen LogP contribution in [0.2, 0.25) is 0 Å². The lowest BCUT2D eigenvalue weighted by Gasteiger charge is -2.26. The third-order valence-electron chi connectivity index (χ3n) is 3.99. The summed E-state index contributed by atoms with van der Waals surface area (Å²) in [6.45, 7) is 2.99. The molecule has 3 rings (SSSR count). The lowest BCUT2D eigenvalue weighted by Crippen LogP contribution is -2.40. The van der Waals surface area contributed by atoms with Crippen molar-refractivity contribution < 1.29 is 13.2 Å². The molecule has 8 heteroatoms. The van der Waals surface area contributed by atoms with Gasteiger partial charge in [0.25, 0.3) is 5.56 Å². The van der Waals surface area contributed by atoms with Crippen molar-refractivity contribution in [3.8, 4) is 0 Å². The normalized spacial score (nSPS) is 13.6. The zero-order valence-electron chi connectivity index (χ0n) is 13.4. The Bertz CT molecular complexity index is 998. The fourth-order valence-electron chi connectivity index (χ4n) is 2.82. The summed E-state index contributed by atoms with van der Waals surface area (Å²) in [6, 6.07) is 4.88. The van der Waals surface area contributed by atoms with Crippen LogP contribution in [0.15, 0.2) is 39.7 Å². The highest BCUT2D eigenvalue weighted by molar-refractivity contribution is 9.10. The van der Waals surface area contributed by atoms with Crippen LogP contribution in [-0.4, -0.2) is 22.2 Å². The Hall–Kier alpha value is -2.09. The van der Waals surface area contributed by atoms with E-state index in [-0.39, 0.29) is 11.4 Å². The Morgan fingerprint density at radius 3 is 2.56 bits per heavy atom. The highest BCUT2D eigenvalue weighted by atomic mass is 79.9. The first-order valence-corrected chi connectivity index (χ1v) is 8.41. The van der Waals surface area contributed by atoms with Crippen LogP contribution in [0, 0.1) is 5.92 Å². The van der Waals surface area contributed by atoms with Gasteiger partial charge < -0.3 is 10.3 Å². The van der Waals surface area contributed by atoms with E-state index in [1.807, 2.05) is 0 Å². The molecule has 0 bridgehead atoms. The molecule has 25 heavy (non-hydrogen) atoms. The molecule has 4 nitrogen and oxygen atoms in total. The Morgan fingerprint density at radius 2 is 1.92 bits per heavy atom. The molecule has 0 aliphatic rings. The number of pyridine rings is 2. The maximum Gasteiger partial charge on any atom is 0.408 e. The molecule has 0 saturated carbocycles. The van der Waals surface area contributed by atoms with Crippen molar-refractivity contribution in [1.82, 2.24) is 9.97 Å². The minimum absolute atomic E-state index is 0.108. The largest absolute Gasteiger partial charge is 0.408 e. The summed E-state index contributed by atoms with van der Waals surface area (Å²) >= 11 is 3.34. The first-order valence-electron chi connectivity index (χ1n) is 7.62. The number of nitrogens with one attached hydrogen (secondary N) is 2. The zero-order valence-corrected chi connectivity index (χ0v) is 15.0. The van der Waals surface area contributed by atoms with E-state index in [0.717, 1.165) is 4.47 Å². The van der Waals surface area contributed by atoms with Crippen molar-refractivity contribution in [1.29, 1.82) is 0 Å². The second kappa shape index (κ2) is 6.33. The zero-order chi connectivity index (χ0) is 18.4. The second-order valence-corrected chi connectivity index (χ2v) is 7.04. The van der Waals surface area contributed by atoms with E-state index >= 15 is 0 Å². The maximum atomic E-state index is 13.3. The van der Waals surface area contributed by atoms with E-state index in [4.69, 9.17) is 0 Å². The van der Waals surface area contributed by atoms with Crippen LogP contribution >= 0.6 is 15.9 Å². The van der Waals surface area contributed by atoms with Gasteiger partial charge in [0.1, 0.15) is 11.9 Å². The van der Waals surface area contributed by atoms with Crippen LogP contribution in [0.4, 0.5) is 19.0 Å². The number of fused-ring (bicyclic) bond motifs is 3. The van der Waals surface area contributed by atoms with Gasteiger partial charge in [0.15, 0.2) is 0 Å². The summed E-state index contributed by atoms with van der Waals surface area (Å²) in [4.78, 5) is 19.1. The number of alkyl halides is 3. The number of halogens is 4. The third-order valence-corrected chi connectivity index (χ3v) is 4.48. The van der Waals surface area contributed by atoms with Crippen molar-refractivity contribution in [2.75, 3.05) is 5.32 Å². The fourth-order valence-corrected chi connectivity index (χ4v) is 3.18. The highest BCUT2D eigenvalue weighted by Crippen LogP contribution is 2.33. The third kappa shape index (κ3) is 3.35. The predicted molar refractivity (Wildman–Crippen MR) is 95.9 cm³/mol. The number of aromatic nitrogens is 2. The molecule has 0 aliphatic carbocycles. The van der Waals surface area contributed by atoms with Crippen molar-refractivity contribution >= 4 is 43.4 Å². The van der Waals surface area contributed by atoms with Crippen LogP contribution in [0.1, 0.15) is 13.8 Å². The minimum Gasteiger partial charge on any atom is -0.358 e. The summed E-state index contributed by atoms with van der Waals surface area (Å²) in [5.41, 5.74) is -0.00240. The number of benzene rings is 1. The molecule has 2 N–H and O–H groups in total. The van der Waals surface area contributed by atoms with Gasteiger partial charge in [-0.2, -0.15) is 13.2 Å². The highest BCUT2D eigenvalue weighted by Gasteiger charge is 2.42. The van der Waals surface area contributed by atoms with E-state index in [0.29, 0.717) is 21.7 Å². The lowest BCUT2D eigenvalue weighted by molar-refractivity contribution is -0.150. The lowest BCUT2D eigenvalue weighted by atomic mass is 10.0. The molecule has 1 aromatic carbocycles. The second-order valence-electron chi connectivity index (χ2n) is 6.12. The summed E-state index contributed by atoms with van der Waals surface area (Å²) in [5, 5.41) is 3.87. The predicted octanol–water partition coefficient (Wildman–Crippen LogP) is 4.84. The van der Waals surface area contributed by atoms with Crippen LogP contribution in [0.5, 0.6) is 0 Å². The SMILES string of the molecule is CC(C)[C@@H](Nc1nc2cc[nH]c(=O)c2c2cc(Br)ccc12)C(F)(F)F. The molecule has 0 radical (unpaired) electrons. The molecular formula is C17H15BrF3N3O. The molecule has 0 spiro atoms. The molecule has 1 atom stereocenters. The van der Waals surface area contributed by atoms with Crippen LogP contribution in [-0.2, 0) is 0 Å². The summed E-state index contributed by atoms with van der Waals surface area (Å²) in [6.07, 6.45) is -2.99. The van der Waals surface area contributed by atoms with Gasteiger partial charge in [0, 0.05) is 21.4 Å². The molecule has 2 aromatic heterocycles. The molecule has 0 aliphatic heterocycles. The van der Waals surface area contributed by atoms with Gasteiger partial charge in [-0.05, 0) is 30.2 Å². The Labute approximate surface area is 149 Å².